The van der Waals surface area contributed by atoms with E-state index in [0.717, 1.165) is 5.56 Å². The molecule has 0 bridgehead atoms. The van der Waals surface area contributed by atoms with Gasteiger partial charge < -0.3 is 11.1 Å². The van der Waals surface area contributed by atoms with Crippen LogP contribution in [0.15, 0.2) is 36.4 Å². The molecule has 0 unspecified atom stereocenters. The number of benzene rings is 1. The molecule has 0 saturated carbocycles. The van der Waals surface area contributed by atoms with Crippen LogP contribution < -0.4 is 11.1 Å². The fraction of sp³-hybridized carbons (Fsp3) is 0.375. The van der Waals surface area contributed by atoms with Crippen LogP contribution in [0.3, 0.4) is 0 Å². The summed E-state index contributed by atoms with van der Waals surface area (Å²) in [6, 6.07) is 11.0. The lowest BCUT2D eigenvalue weighted by molar-refractivity contribution is 0.329. The third-order valence-electron chi connectivity index (χ3n) is 4.10. The smallest absolute Gasteiger partial charge is 0.223 e. The minimum atomic E-state index is -3.31. The van der Waals surface area contributed by atoms with E-state index in [1.165, 1.54) is 0 Å². The largest absolute Gasteiger partial charge is 0.368 e. The standard InChI is InChI=1S/C16H20ClN5O2S/c17-14-10-15(21-16(18)20-14)19-13-6-8-22(9-7-13)25(23,24)11-12-4-2-1-3-5-12/h1-5,10,13H,6-9,11H2,(H3,18,19,20,21). The average Bonchev–Trinajstić information content (AvgIpc) is 2.55. The van der Waals surface area contributed by atoms with Crippen molar-refractivity contribution in [3.05, 3.63) is 47.1 Å². The van der Waals surface area contributed by atoms with Crippen molar-refractivity contribution in [2.75, 3.05) is 24.1 Å². The van der Waals surface area contributed by atoms with Crippen molar-refractivity contribution in [2.45, 2.75) is 24.6 Å². The van der Waals surface area contributed by atoms with Gasteiger partial charge in [0, 0.05) is 25.2 Å². The molecule has 1 aliphatic heterocycles. The quantitative estimate of drug-likeness (QED) is 0.769. The summed E-state index contributed by atoms with van der Waals surface area (Å²) in [7, 11) is -3.31. The topological polar surface area (TPSA) is 101 Å². The zero-order valence-corrected chi connectivity index (χ0v) is 15.2. The Morgan fingerprint density at radius 2 is 1.88 bits per heavy atom. The van der Waals surface area contributed by atoms with Crippen molar-refractivity contribution in [1.29, 1.82) is 0 Å². The Bertz CT molecular complexity index is 803. The van der Waals surface area contributed by atoms with Gasteiger partial charge in [0.15, 0.2) is 0 Å². The highest BCUT2D eigenvalue weighted by Crippen LogP contribution is 2.21. The molecule has 1 aromatic heterocycles. The Morgan fingerprint density at radius 1 is 1.20 bits per heavy atom. The van der Waals surface area contributed by atoms with Crippen molar-refractivity contribution in [1.82, 2.24) is 14.3 Å². The van der Waals surface area contributed by atoms with E-state index < -0.39 is 10.0 Å². The van der Waals surface area contributed by atoms with Crippen LogP contribution in [0.4, 0.5) is 11.8 Å². The van der Waals surface area contributed by atoms with Crippen LogP contribution in [0.1, 0.15) is 18.4 Å². The number of nitrogen functional groups attached to an aromatic ring is 1. The molecule has 1 saturated heterocycles. The van der Waals surface area contributed by atoms with Gasteiger partial charge in [0.05, 0.1) is 5.75 Å². The highest BCUT2D eigenvalue weighted by atomic mass is 35.5. The van der Waals surface area contributed by atoms with Gasteiger partial charge in [-0.3, -0.25) is 0 Å². The molecule has 0 amide bonds. The van der Waals surface area contributed by atoms with Crippen LogP contribution in [0, 0.1) is 0 Å². The Hall–Kier alpha value is -1.90. The van der Waals surface area contributed by atoms with E-state index in [-0.39, 0.29) is 22.9 Å². The number of nitrogens with two attached hydrogens (primary N) is 1. The zero-order valence-electron chi connectivity index (χ0n) is 13.6. The molecule has 3 rings (SSSR count). The van der Waals surface area contributed by atoms with Crippen LogP contribution in [-0.2, 0) is 15.8 Å². The van der Waals surface area contributed by atoms with E-state index in [1.54, 1.807) is 10.4 Å². The first-order chi connectivity index (χ1) is 11.9. The maximum Gasteiger partial charge on any atom is 0.223 e. The summed E-state index contributed by atoms with van der Waals surface area (Å²) < 4.78 is 26.7. The number of hydrogen-bond acceptors (Lipinski definition) is 6. The lowest BCUT2D eigenvalue weighted by atomic mass is 10.1. The summed E-state index contributed by atoms with van der Waals surface area (Å²) in [5.74, 6) is 0.699. The van der Waals surface area contributed by atoms with Gasteiger partial charge in [-0.1, -0.05) is 41.9 Å². The molecule has 3 N–H and O–H groups in total. The number of anilines is 2. The summed E-state index contributed by atoms with van der Waals surface area (Å²) in [6.45, 7) is 0.947. The van der Waals surface area contributed by atoms with Crippen LogP contribution in [0.2, 0.25) is 5.15 Å². The summed E-state index contributed by atoms with van der Waals surface area (Å²) in [5.41, 5.74) is 6.38. The zero-order chi connectivity index (χ0) is 17.9. The lowest BCUT2D eigenvalue weighted by Crippen LogP contribution is -2.42. The van der Waals surface area contributed by atoms with E-state index in [9.17, 15) is 8.42 Å². The van der Waals surface area contributed by atoms with E-state index >= 15 is 0 Å². The Morgan fingerprint density at radius 3 is 2.52 bits per heavy atom. The fourth-order valence-corrected chi connectivity index (χ4v) is 4.63. The predicted molar refractivity (Wildman–Crippen MR) is 98.7 cm³/mol. The van der Waals surface area contributed by atoms with E-state index in [0.29, 0.717) is 31.7 Å². The first kappa shape index (κ1) is 17.9. The van der Waals surface area contributed by atoms with Gasteiger partial charge in [0.1, 0.15) is 11.0 Å². The minimum Gasteiger partial charge on any atom is -0.368 e. The maximum absolute atomic E-state index is 12.6. The highest BCUT2D eigenvalue weighted by molar-refractivity contribution is 7.88. The molecule has 0 atom stereocenters. The molecule has 2 heterocycles. The van der Waals surface area contributed by atoms with Crippen LogP contribution >= 0.6 is 11.6 Å². The summed E-state index contributed by atoms with van der Waals surface area (Å²) in [4.78, 5) is 7.91. The monoisotopic (exact) mass is 381 g/mol. The second-order valence-corrected chi connectivity index (χ2v) is 8.35. The second kappa shape index (κ2) is 7.55. The van der Waals surface area contributed by atoms with Gasteiger partial charge in [-0.2, -0.15) is 4.98 Å². The fourth-order valence-electron chi connectivity index (χ4n) is 2.87. The van der Waals surface area contributed by atoms with Crippen molar-refractivity contribution in [2.24, 2.45) is 0 Å². The van der Waals surface area contributed by atoms with Crippen LogP contribution in [-0.4, -0.2) is 41.8 Å². The molecule has 1 aliphatic rings. The first-order valence-electron chi connectivity index (χ1n) is 8.01. The van der Waals surface area contributed by atoms with Gasteiger partial charge in [0.2, 0.25) is 16.0 Å². The van der Waals surface area contributed by atoms with Crippen molar-refractivity contribution < 1.29 is 8.42 Å². The summed E-state index contributed by atoms with van der Waals surface area (Å²) >= 11 is 5.87. The number of halogens is 1. The number of piperidine rings is 1. The maximum atomic E-state index is 12.6. The molecule has 0 aliphatic carbocycles. The Balaban J connectivity index is 1.57. The van der Waals surface area contributed by atoms with Gasteiger partial charge >= 0.3 is 0 Å². The first-order valence-corrected chi connectivity index (χ1v) is 9.99. The molecule has 2 aromatic rings. The number of nitrogens with zero attached hydrogens (tertiary/aromatic N) is 3. The summed E-state index contributed by atoms with van der Waals surface area (Å²) in [5, 5.41) is 3.52. The SMILES string of the molecule is Nc1nc(Cl)cc(NC2CCN(S(=O)(=O)Cc3ccccc3)CC2)n1. The molecule has 9 heteroatoms. The van der Waals surface area contributed by atoms with Crippen molar-refractivity contribution in [3.63, 3.8) is 0 Å². The summed E-state index contributed by atoms with van der Waals surface area (Å²) in [6.07, 6.45) is 1.38. The van der Waals surface area contributed by atoms with Crippen molar-refractivity contribution in [3.8, 4) is 0 Å². The van der Waals surface area contributed by atoms with Gasteiger partial charge in [0.25, 0.3) is 0 Å². The van der Waals surface area contributed by atoms with E-state index in [1.807, 2.05) is 30.3 Å². The van der Waals surface area contributed by atoms with E-state index in [4.69, 9.17) is 17.3 Å². The van der Waals surface area contributed by atoms with Gasteiger partial charge in [-0.05, 0) is 18.4 Å². The second-order valence-electron chi connectivity index (χ2n) is 5.99. The lowest BCUT2D eigenvalue weighted by Gasteiger charge is -2.32. The normalized spacial score (nSPS) is 16.7. The molecule has 134 valence electrons. The Labute approximate surface area is 152 Å². The number of rotatable bonds is 5. The number of nitrogens with one attached hydrogen (secondary N) is 1. The molecular formula is C16H20ClN5O2S. The predicted octanol–water partition coefficient (Wildman–Crippen LogP) is 2.12. The average molecular weight is 382 g/mol. The highest BCUT2D eigenvalue weighted by Gasteiger charge is 2.28. The number of aromatic nitrogens is 2. The van der Waals surface area contributed by atoms with E-state index in [2.05, 4.69) is 15.3 Å². The molecule has 0 spiro atoms. The van der Waals surface area contributed by atoms with Crippen LogP contribution in [0.5, 0.6) is 0 Å². The third kappa shape index (κ3) is 4.81. The minimum absolute atomic E-state index is 0.0317. The number of hydrogen-bond donors (Lipinski definition) is 2. The molecule has 7 nitrogen and oxygen atoms in total. The van der Waals surface area contributed by atoms with Crippen LogP contribution in [0.25, 0.3) is 0 Å². The molecule has 25 heavy (non-hydrogen) atoms. The van der Waals surface area contributed by atoms with Gasteiger partial charge in [-0.15, -0.1) is 0 Å². The molecule has 0 radical (unpaired) electrons. The third-order valence-corrected chi connectivity index (χ3v) is 6.15. The van der Waals surface area contributed by atoms with Gasteiger partial charge in [-0.25, -0.2) is 17.7 Å². The Kier molecular flexibility index (Phi) is 5.41. The molecule has 1 aromatic carbocycles. The molecular weight excluding hydrogens is 362 g/mol. The van der Waals surface area contributed by atoms with Crippen molar-refractivity contribution >= 4 is 33.4 Å². The number of sulfonamides is 1. The molecule has 1 fully saturated rings.